The van der Waals surface area contributed by atoms with Crippen LogP contribution >= 0.6 is 0 Å². The monoisotopic (exact) mass is 442 g/mol. The molecule has 0 spiro atoms. The molecule has 0 bridgehead atoms. The summed E-state index contributed by atoms with van der Waals surface area (Å²) in [5, 5.41) is 3.80. The highest BCUT2D eigenvalue weighted by Gasteiger charge is 2.20. The van der Waals surface area contributed by atoms with Crippen LogP contribution in [0.5, 0.6) is 5.75 Å². The summed E-state index contributed by atoms with van der Waals surface area (Å²) in [6.07, 6.45) is 0. The molecule has 1 aromatic heterocycles. The van der Waals surface area contributed by atoms with Gasteiger partial charge in [-0.05, 0) is 42.0 Å². The van der Waals surface area contributed by atoms with Gasteiger partial charge in [-0.3, -0.25) is 9.47 Å². The summed E-state index contributed by atoms with van der Waals surface area (Å²) in [6, 6.07) is 27.3. The fourth-order valence-corrected chi connectivity index (χ4v) is 4.44. The van der Waals surface area contributed by atoms with Gasteiger partial charge >= 0.3 is 0 Å². The van der Waals surface area contributed by atoms with Crippen LogP contribution in [-0.4, -0.2) is 54.4 Å². The summed E-state index contributed by atoms with van der Waals surface area (Å²) >= 11 is 0. The largest absolute Gasteiger partial charge is 0.497 e. The van der Waals surface area contributed by atoms with E-state index in [0.717, 1.165) is 61.1 Å². The molecule has 1 atom stereocenters. The first-order chi connectivity index (χ1) is 16.3. The molecule has 0 radical (unpaired) electrons. The van der Waals surface area contributed by atoms with E-state index in [9.17, 15) is 0 Å². The molecule has 4 aromatic rings. The van der Waals surface area contributed by atoms with Gasteiger partial charge in [0.2, 0.25) is 0 Å². The van der Waals surface area contributed by atoms with Crippen molar-refractivity contribution in [3.63, 3.8) is 0 Å². The number of aromatic nitrogens is 2. The Hall–Kier alpha value is -3.19. The quantitative estimate of drug-likeness (QED) is 0.443. The molecule has 0 aliphatic carbocycles. The van der Waals surface area contributed by atoms with E-state index in [0.29, 0.717) is 6.54 Å². The molecule has 0 saturated carbocycles. The van der Waals surface area contributed by atoms with E-state index >= 15 is 0 Å². The van der Waals surface area contributed by atoms with Crippen molar-refractivity contribution in [3.05, 3.63) is 90.3 Å². The second-order valence-electron chi connectivity index (χ2n) is 8.31. The number of methoxy groups -OCH3 is 1. The lowest BCUT2D eigenvalue weighted by atomic mass is 10.1. The predicted octanol–water partition coefficient (Wildman–Crippen LogP) is 4.20. The molecule has 0 amide bonds. The van der Waals surface area contributed by atoms with E-state index < -0.39 is 0 Å². The summed E-state index contributed by atoms with van der Waals surface area (Å²) in [4.78, 5) is 7.45. The van der Waals surface area contributed by atoms with Crippen molar-refractivity contribution >= 4 is 11.0 Å². The molecule has 6 heteroatoms. The molecular formula is C27H30N4O2. The van der Waals surface area contributed by atoms with Crippen LogP contribution in [0.15, 0.2) is 78.9 Å². The lowest BCUT2D eigenvalue weighted by molar-refractivity contribution is 0.0333. The van der Waals surface area contributed by atoms with Gasteiger partial charge in [-0.15, -0.1) is 0 Å². The van der Waals surface area contributed by atoms with E-state index in [1.165, 1.54) is 5.56 Å². The van der Waals surface area contributed by atoms with E-state index in [1.807, 2.05) is 18.2 Å². The van der Waals surface area contributed by atoms with Crippen molar-refractivity contribution < 1.29 is 9.47 Å². The first-order valence-electron chi connectivity index (χ1n) is 11.5. The Bertz CT molecular complexity index is 1170. The number of ether oxygens (including phenoxy) is 2. The molecule has 1 unspecified atom stereocenters. The standard InChI is InChI=1S/C27H30N4O2/c1-32-23-13-11-22(12-14-23)31-26-10-6-5-9-24(26)29-27(31)19-28-25(21-7-3-2-4-8-21)20-30-15-17-33-18-16-30/h2-14,25,28H,15-20H2,1H3. The van der Waals surface area contributed by atoms with Crippen LogP contribution in [0, 0.1) is 0 Å². The van der Waals surface area contributed by atoms with Gasteiger partial charge in [0.05, 0.1) is 37.9 Å². The zero-order valence-electron chi connectivity index (χ0n) is 19.0. The Kier molecular flexibility index (Phi) is 6.67. The van der Waals surface area contributed by atoms with Crippen molar-refractivity contribution in [2.45, 2.75) is 12.6 Å². The van der Waals surface area contributed by atoms with E-state index in [1.54, 1.807) is 7.11 Å². The summed E-state index contributed by atoms with van der Waals surface area (Å²) in [5.41, 5.74) is 4.46. The average Bonchev–Trinajstić information content (AvgIpc) is 3.26. The molecule has 1 aliphatic heterocycles. The molecule has 1 N–H and O–H groups in total. The minimum Gasteiger partial charge on any atom is -0.497 e. The number of nitrogens with one attached hydrogen (secondary N) is 1. The number of hydrogen-bond donors (Lipinski definition) is 1. The number of fused-ring (bicyclic) bond motifs is 1. The first kappa shape index (κ1) is 21.6. The van der Waals surface area contributed by atoms with Gasteiger partial charge in [0.1, 0.15) is 11.6 Å². The maximum Gasteiger partial charge on any atom is 0.128 e. The van der Waals surface area contributed by atoms with Crippen molar-refractivity contribution in [3.8, 4) is 11.4 Å². The lowest BCUT2D eigenvalue weighted by Gasteiger charge is -2.31. The Morgan fingerprint density at radius 2 is 1.67 bits per heavy atom. The van der Waals surface area contributed by atoms with Gasteiger partial charge in [0.25, 0.3) is 0 Å². The predicted molar refractivity (Wildman–Crippen MR) is 131 cm³/mol. The summed E-state index contributed by atoms with van der Waals surface area (Å²) < 4.78 is 13.1. The number of para-hydroxylation sites is 2. The van der Waals surface area contributed by atoms with Gasteiger partial charge in [0.15, 0.2) is 0 Å². The molecule has 1 fully saturated rings. The van der Waals surface area contributed by atoms with Crippen molar-refractivity contribution in [1.29, 1.82) is 0 Å². The molecule has 1 saturated heterocycles. The number of benzene rings is 3. The van der Waals surface area contributed by atoms with Crippen LogP contribution in [0.2, 0.25) is 0 Å². The third-order valence-electron chi connectivity index (χ3n) is 6.21. The molecule has 33 heavy (non-hydrogen) atoms. The average molecular weight is 443 g/mol. The van der Waals surface area contributed by atoms with Crippen LogP contribution in [0.4, 0.5) is 0 Å². The Morgan fingerprint density at radius 3 is 2.42 bits per heavy atom. The maximum atomic E-state index is 5.55. The molecule has 3 aromatic carbocycles. The second-order valence-corrected chi connectivity index (χ2v) is 8.31. The fourth-order valence-electron chi connectivity index (χ4n) is 4.44. The highest BCUT2D eigenvalue weighted by atomic mass is 16.5. The molecule has 5 rings (SSSR count). The molecule has 170 valence electrons. The number of nitrogens with zero attached hydrogens (tertiary/aromatic N) is 3. The third-order valence-corrected chi connectivity index (χ3v) is 6.21. The Morgan fingerprint density at radius 1 is 0.939 bits per heavy atom. The minimum absolute atomic E-state index is 0.202. The first-order valence-corrected chi connectivity index (χ1v) is 11.5. The van der Waals surface area contributed by atoms with Crippen LogP contribution < -0.4 is 10.1 Å². The topological polar surface area (TPSA) is 51.5 Å². The van der Waals surface area contributed by atoms with Gasteiger partial charge in [0, 0.05) is 31.4 Å². The van der Waals surface area contributed by atoms with Crippen LogP contribution in [-0.2, 0) is 11.3 Å². The van der Waals surface area contributed by atoms with E-state index in [4.69, 9.17) is 14.5 Å². The minimum atomic E-state index is 0.202. The molecule has 2 heterocycles. The molecular weight excluding hydrogens is 412 g/mol. The normalized spacial score (nSPS) is 15.5. The van der Waals surface area contributed by atoms with Crippen molar-refractivity contribution in [2.24, 2.45) is 0 Å². The van der Waals surface area contributed by atoms with Crippen molar-refractivity contribution in [1.82, 2.24) is 19.8 Å². The molecule has 6 nitrogen and oxygen atoms in total. The number of rotatable bonds is 8. The maximum absolute atomic E-state index is 5.55. The highest BCUT2D eigenvalue weighted by Crippen LogP contribution is 2.24. The zero-order chi connectivity index (χ0) is 22.5. The Labute approximate surface area is 194 Å². The van der Waals surface area contributed by atoms with Gasteiger partial charge in [-0.1, -0.05) is 42.5 Å². The summed E-state index contributed by atoms with van der Waals surface area (Å²) in [5.74, 6) is 1.83. The van der Waals surface area contributed by atoms with Crippen LogP contribution in [0.1, 0.15) is 17.4 Å². The van der Waals surface area contributed by atoms with Crippen molar-refractivity contribution in [2.75, 3.05) is 40.0 Å². The molecule has 1 aliphatic rings. The van der Waals surface area contributed by atoms with E-state index in [-0.39, 0.29) is 6.04 Å². The SMILES string of the molecule is COc1ccc(-n2c(CNC(CN3CCOCC3)c3ccccc3)nc3ccccc32)cc1. The highest BCUT2D eigenvalue weighted by molar-refractivity contribution is 5.78. The zero-order valence-corrected chi connectivity index (χ0v) is 19.0. The van der Waals surface area contributed by atoms with Gasteiger partial charge in [-0.2, -0.15) is 0 Å². The lowest BCUT2D eigenvalue weighted by Crippen LogP contribution is -2.41. The third kappa shape index (κ3) is 4.93. The van der Waals surface area contributed by atoms with E-state index in [2.05, 4.69) is 75.4 Å². The fraction of sp³-hybridized carbons (Fsp3) is 0.296. The Balaban J connectivity index is 1.44. The van der Waals surface area contributed by atoms with Crippen LogP contribution in [0.3, 0.4) is 0 Å². The summed E-state index contributed by atoms with van der Waals surface area (Å²) in [7, 11) is 1.69. The number of morpholine rings is 1. The number of imidazole rings is 1. The summed E-state index contributed by atoms with van der Waals surface area (Å²) in [6.45, 7) is 5.13. The smallest absolute Gasteiger partial charge is 0.128 e. The van der Waals surface area contributed by atoms with Gasteiger partial charge in [-0.25, -0.2) is 4.98 Å². The second kappa shape index (κ2) is 10.2. The van der Waals surface area contributed by atoms with Crippen LogP contribution in [0.25, 0.3) is 16.7 Å². The number of hydrogen-bond acceptors (Lipinski definition) is 5. The van der Waals surface area contributed by atoms with Gasteiger partial charge < -0.3 is 14.8 Å².